The number of amides is 3. The number of carbonyl (C=O) groups is 2. The molecule has 0 saturated heterocycles. The van der Waals surface area contributed by atoms with E-state index in [1.165, 1.54) is 11.8 Å². The van der Waals surface area contributed by atoms with Crippen LogP contribution in [0.15, 0.2) is 23.2 Å². The van der Waals surface area contributed by atoms with Crippen LogP contribution < -0.4 is 10.6 Å². The number of imide groups is 1. The van der Waals surface area contributed by atoms with Crippen molar-refractivity contribution in [2.45, 2.75) is 38.0 Å². The Morgan fingerprint density at radius 2 is 2.04 bits per heavy atom. The molecule has 2 aromatic heterocycles. The molecule has 2 heterocycles. The fraction of sp³-hybridized carbons (Fsp3) is 0.400. The van der Waals surface area contributed by atoms with Gasteiger partial charge in [-0.2, -0.15) is 5.10 Å². The van der Waals surface area contributed by atoms with Crippen LogP contribution in [-0.4, -0.2) is 43.7 Å². The number of aromatic nitrogens is 4. The van der Waals surface area contributed by atoms with E-state index in [4.69, 9.17) is 0 Å². The molecule has 0 aromatic carbocycles. The lowest BCUT2D eigenvalue weighted by atomic mass is 10.4. The van der Waals surface area contributed by atoms with Crippen LogP contribution in [-0.2, 0) is 4.79 Å². The molecule has 0 aliphatic carbocycles. The summed E-state index contributed by atoms with van der Waals surface area (Å²) >= 11 is 1.23. The fourth-order valence-electron chi connectivity index (χ4n) is 2.00. The summed E-state index contributed by atoms with van der Waals surface area (Å²) in [5.41, 5.74) is 1.88. The van der Waals surface area contributed by atoms with Crippen LogP contribution in [0.4, 0.5) is 4.79 Å². The number of hydrogen-bond donors (Lipinski definition) is 2. The molecule has 9 heteroatoms. The molecule has 8 nitrogen and oxygen atoms in total. The second kappa shape index (κ2) is 7.91. The van der Waals surface area contributed by atoms with Crippen molar-refractivity contribution in [2.75, 3.05) is 6.54 Å². The highest BCUT2D eigenvalue weighted by Gasteiger charge is 2.17. The standard InChI is InChI=1S/C15H20N6O2S/c1-5-16-15(23)17-14(22)11(4)24-13-7-6-12(18-19-13)21-10(3)8-9(2)20-21/h6-8,11H,5H2,1-4H3,(H2,16,17,22,23)/t11-/m0/s1. The lowest BCUT2D eigenvalue weighted by molar-refractivity contribution is -0.119. The lowest BCUT2D eigenvalue weighted by Crippen LogP contribution is -2.42. The molecule has 2 aromatic rings. The maximum absolute atomic E-state index is 11.9. The molecule has 0 unspecified atom stereocenters. The highest BCUT2D eigenvalue weighted by atomic mass is 32.2. The predicted octanol–water partition coefficient (Wildman–Crippen LogP) is 1.61. The number of aryl methyl sites for hydroxylation is 2. The molecule has 128 valence electrons. The zero-order valence-electron chi connectivity index (χ0n) is 14.0. The van der Waals surface area contributed by atoms with E-state index in [9.17, 15) is 9.59 Å². The van der Waals surface area contributed by atoms with Crippen molar-refractivity contribution in [3.05, 3.63) is 29.6 Å². The minimum atomic E-state index is -0.499. The summed E-state index contributed by atoms with van der Waals surface area (Å²) in [7, 11) is 0. The van der Waals surface area contributed by atoms with Crippen molar-refractivity contribution in [1.29, 1.82) is 0 Å². The van der Waals surface area contributed by atoms with Gasteiger partial charge < -0.3 is 5.32 Å². The first kappa shape index (κ1) is 17.9. The van der Waals surface area contributed by atoms with Crippen LogP contribution in [0.3, 0.4) is 0 Å². The van der Waals surface area contributed by atoms with E-state index in [2.05, 4.69) is 25.9 Å². The van der Waals surface area contributed by atoms with Crippen molar-refractivity contribution >= 4 is 23.7 Å². The zero-order chi connectivity index (χ0) is 17.7. The van der Waals surface area contributed by atoms with Gasteiger partial charge in [0.05, 0.1) is 10.9 Å². The molecule has 2 rings (SSSR count). The molecule has 3 amide bonds. The highest BCUT2D eigenvalue weighted by molar-refractivity contribution is 8.00. The second-order valence-corrected chi connectivity index (χ2v) is 6.54. The van der Waals surface area contributed by atoms with Gasteiger partial charge >= 0.3 is 6.03 Å². The van der Waals surface area contributed by atoms with Gasteiger partial charge in [-0.25, -0.2) is 9.48 Å². The molecule has 0 aliphatic rings. The monoisotopic (exact) mass is 348 g/mol. The third-order valence-corrected chi connectivity index (χ3v) is 4.12. The third-order valence-electron chi connectivity index (χ3n) is 3.09. The van der Waals surface area contributed by atoms with E-state index >= 15 is 0 Å². The van der Waals surface area contributed by atoms with Gasteiger partial charge in [-0.15, -0.1) is 10.2 Å². The first-order valence-corrected chi connectivity index (χ1v) is 8.41. The first-order chi connectivity index (χ1) is 11.4. The Bertz CT molecular complexity index is 728. The van der Waals surface area contributed by atoms with Crippen molar-refractivity contribution < 1.29 is 9.59 Å². The Morgan fingerprint density at radius 3 is 2.58 bits per heavy atom. The van der Waals surface area contributed by atoms with Gasteiger partial charge in [-0.05, 0) is 45.9 Å². The van der Waals surface area contributed by atoms with Crippen LogP contribution >= 0.6 is 11.8 Å². The van der Waals surface area contributed by atoms with Gasteiger partial charge in [-0.1, -0.05) is 11.8 Å². The molecule has 0 fully saturated rings. The summed E-state index contributed by atoms with van der Waals surface area (Å²) in [6, 6.07) is 5.03. The summed E-state index contributed by atoms with van der Waals surface area (Å²) in [6.07, 6.45) is 0. The number of urea groups is 1. The molecule has 0 saturated carbocycles. The third kappa shape index (κ3) is 4.54. The molecule has 24 heavy (non-hydrogen) atoms. The van der Waals surface area contributed by atoms with Gasteiger partial charge in [0.2, 0.25) is 5.91 Å². The minimum absolute atomic E-state index is 0.379. The van der Waals surface area contributed by atoms with Crippen molar-refractivity contribution in [3.63, 3.8) is 0 Å². The SMILES string of the molecule is CCNC(=O)NC(=O)[C@H](C)Sc1ccc(-n2nc(C)cc2C)nn1. The van der Waals surface area contributed by atoms with Crippen LogP contribution in [0.25, 0.3) is 5.82 Å². The zero-order valence-corrected chi connectivity index (χ0v) is 14.8. The van der Waals surface area contributed by atoms with E-state index in [1.54, 1.807) is 30.7 Å². The Kier molecular flexibility index (Phi) is 5.91. The quantitative estimate of drug-likeness (QED) is 0.796. The smallest absolute Gasteiger partial charge is 0.321 e. The molecule has 2 N–H and O–H groups in total. The average molecular weight is 348 g/mol. The van der Waals surface area contributed by atoms with Gasteiger partial charge in [0.15, 0.2) is 5.82 Å². The van der Waals surface area contributed by atoms with Crippen molar-refractivity contribution in [3.8, 4) is 5.82 Å². The molecule has 0 radical (unpaired) electrons. The minimum Gasteiger partial charge on any atom is -0.338 e. The van der Waals surface area contributed by atoms with Crippen molar-refractivity contribution in [2.24, 2.45) is 0 Å². The number of rotatable bonds is 5. The Morgan fingerprint density at radius 1 is 1.29 bits per heavy atom. The van der Waals surface area contributed by atoms with E-state index in [1.807, 2.05) is 19.9 Å². The predicted molar refractivity (Wildman–Crippen MR) is 91.2 cm³/mol. The number of hydrogen-bond acceptors (Lipinski definition) is 6. The van der Waals surface area contributed by atoms with Crippen LogP contribution in [0.1, 0.15) is 25.2 Å². The second-order valence-electron chi connectivity index (χ2n) is 5.18. The average Bonchev–Trinajstić information content (AvgIpc) is 2.86. The fourth-order valence-corrected chi connectivity index (χ4v) is 2.77. The molecular weight excluding hydrogens is 328 g/mol. The molecule has 1 atom stereocenters. The maximum atomic E-state index is 11.9. The van der Waals surface area contributed by atoms with E-state index in [0.29, 0.717) is 17.4 Å². The van der Waals surface area contributed by atoms with Gasteiger partial charge in [0, 0.05) is 12.2 Å². The summed E-state index contributed by atoms with van der Waals surface area (Å²) in [5, 5.41) is 17.5. The number of carbonyl (C=O) groups excluding carboxylic acids is 2. The van der Waals surface area contributed by atoms with E-state index < -0.39 is 11.3 Å². The molecule has 0 aliphatic heterocycles. The van der Waals surface area contributed by atoms with Crippen molar-refractivity contribution in [1.82, 2.24) is 30.6 Å². The Hall–Kier alpha value is -2.42. The van der Waals surface area contributed by atoms with Crippen LogP contribution in [0, 0.1) is 13.8 Å². The first-order valence-electron chi connectivity index (χ1n) is 7.53. The van der Waals surface area contributed by atoms with E-state index in [-0.39, 0.29) is 5.91 Å². The topological polar surface area (TPSA) is 102 Å². The largest absolute Gasteiger partial charge is 0.338 e. The summed E-state index contributed by atoms with van der Waals surface area (Å²) in [5.74, 6) is 0.236. The van der Waals surface area contributed by atoms with Gasteiger partial charge in [-0.3, -0.25) is 10.1 Å². The van der Waals surface area contributed by atoms with Gasteiger partial charge in [0.25, 0.3) is 0 Å². The maximum Gasteiger partial charge on any atom is 0.321 e. The van der Waals surface area contributed by atoms with Crippen LogP contribution in [0.2, 0.25) is 0 Å². The summed E-state index contributed by atoms with van der Waals surface area (Å²) in [6.45, 7) is 7.80. The van der Waals surface area contributed by atoms with Crippen LogP contribution in [0.5, 0.6) is 0 Å². The Labute approximate surface area is 144 Å². The van der Waals surface area contributed by atoms with E-state index in [0.717, 1.165) is 11.4 Å². The highest BCUT2D eigenvalue weighted by Crippen LogP contribution is 2.21. The Balaban J connectivity index is 1.99. The van der Waals surface area contributed by atoms with Gasteiger partial charge in [0.1, 0.15) is 5.03 Å². The number of nitrogens with one attached hydrogen (secondary N) is 2. The molecule has 0 bridgehead atoms. The number of thioether (sulfide) groups is 1. The summed E-state index contributed by atoms with van der Waals surface area (Å²) < 4.78 is 1.71. The summed E-state index contributed by atoms with van der Waals surface area (Å²) in [4.78, 5) is 23.3. The lowest BCUT2D eigenvalue weighted by Gasteiger charge is -2.11. The molecular formula is C15H20N6O2S. The normalized spacial score (nSPS) is 11.8. The molecule has 0 spiro atoms. The number of nitrogens with zero attached hydrogens (tertiary/aromatic N) is 4.